The average molecular weight is 295 g/mol. The fraction of sp³-hybridized carbons (Fsp3) is 0.0909. The van der Waals surface area contributed by atoms with E-state index in [2.05, 4.69) is 26.2 Å². The van der Waals surface area contributed by atoms with Gasteiger partial charge in [-0.1, -0.05) is 15.9 Å². The number of hydrogen-bond donors (Lipinski definition) is 2. The zero-order valence-corrected chi connectivity index (χ0v) is 10.7. The number of carbonyl (C=O) groups is 1. The van der Waals surface area contributed by atoms with Crippen LogP contribution in [0.1, 0.15) is 10.5 Å². The molecule has 1 amide bonds. The zero-order valence-electron chi connectivity index (χ0n) is 9.14. The smallest absolute Gasteiger partial charge is 0.273 e. The molecule has 88 valence electrons. The minimum atomic E-state index is -0.237. The molecule has 0 aliphatic heterocycles. The molecule has 2 rings (SSSR count). The molecule has 1 aromatic heterocycles. The van der Waals surface area contributed by atoms with Crippen LogP contribution in [-0.4, -0.2) is 15.5 Å². The molecule has 0 unspecified atom stereocenters. The fourth-order valence-corrected chi connectivity index (χ4v) is 1.79. The second kappa shape index (κ2) is 4.58. The molecule has 0 saturated heterocycles. The second-order valence-electron chi connectivity index (χ2n) is 3.58. The van der Waals surface area contributed by atoms with Crippen molar-refractivity contribution < 1.29 is 4.79 Å². The highest BCUT2D eigenvalue weighted by Gasteiger charge is 2.11. The molecule has 2 aromatic rings. The average Bonchev–Trinajstić information content (AvgIpc) is 2.68. The van der Waals surface area contributed by atoms with Gasteiger partial charge < -0.3 is 15.6 Å². The Bertz CT molecular complexity index is 564. The van der Waals surface area contributed by atoms with Crippen molar-refractivity contribution in [3.63, 3.8) is 0 Å². The maximum Gasteiger partial charge on any atom is 0.273 e. The number of aryl methyl sites for hydroxylation is 1. The largest absolute Gasteiger partial charge is 0.397 e. The molecule has 5 nitrogen and oxygen atoms in total. The predicted octanol–water partition coefficient (Wildman–Crippen LogP) is 2.02. The zero-order chi connectivity index (χ0) is 12.4. The quantitative estimate of drug-likeness (QED) is 0.832. The molecule has 0 aliphatic carbocycles. The Labute approximate surface area is 107 Å². The van der Waals surface area contributed by atoms with Crippen LogP contribution in [0.3, 0.4) is 0 Å². The summed E-state index contributed by atoms with van der Waals surface area (Å²) >= 11 is 3.31. The number of nitrogens with zero attached hydrogens (tertiary/aromatic N) is 2. The van der Waals surface area contributed by atoms with Crippen LogP contribution in [0.5, 0.6) is 0 Å². The maximum absolute atomic E-state index is 11.9. The van der Waals surface area contributed by atoms with Gasteiger partial charge in [-0.15, -0.1) is 0 Å². The van der Waals surface area contributed by atoms with Crippen molar-refractivity contribution >= 4 is 33.2 Å². The lowest BCUT2D eigenvalue weighted by atomic mass is 10.2. The van der Waals surface area contributed by atoms with Crippen LogP contribution in [0.25, 0.3) is 0 Å². The molecule has 0 spiro atoms. The van der Waals surface area contributed by atoms with Gasteiger partial charge in [-0.3, -0.25) is 4.79 Å². The lowest BCUT2D eigenvalue weighted by Crippen LogP contribution is -2.16. The molecular weight excluding hydrogens is 284 g/mol. The number of nitrogens with one attached hydrogen (secondary N) is 1. The molecule has 17 heavy (non-hydrogen) atoms. The number of benzene rings is 1. The van der Waals surface area contributed by atoms with Gasteiger partial charge in [-0.2, -0.15) is 0 Å². The number of imidazole rings is 1. The Balaban J connectivity index is 2.22. The monoisotopic (exact) mass is 294 g/mol. The Kier molecular flexibility index (Phi) is 3.14. The van der Waals surface area contributed by atoms with Crippen molar-refractivity contribution in [3.8, 4) is 0 Å². The van der Waals surface area contributed by atoms with E-state index in [0.29, 0.717) is 17.1 Å². The molecule has 0 aliphatic rings. The van der Waals surface area contributed by atoms with E-state index in [0.717, 1.165) is 4.47 Å². The van der Waals surface area contributed by atoms with Crippen LogP contribution >= 0.6 is 15.9 Å². The third kappa shape index (κ3) is 2.47. The molecule has 0 atom stereocenters. The first-order valence-electron chi connectivity index (χ1n) is 4.90. The summed E-state index contributed by atoms with van der Waals surface area (Å²) in [4.78, 5) is 15.8. The number of hydrogen-bond acceptors (Lipinski definition) is 3. The number of anilines is 2. The topological polar surface area (TPSA) is 72.9 Å². The lowest BCUT2D eigenvalue weighted by molar-refractivity contribution is 0.101. The number of carbonyl (C=O) groups excluding carboxylic acids is 1. The van der Waals surface area contributed by atoms with Crippen LogP contribution < -0.4 is 11.1 Å². The van der Waals surface area contributed by atoms with E-state index < -0.39 is 0 Å². The van der Waals surface area contributed by atoms with Crippen LogP contribution in [0, 0.1) is 0 Å². The van der Waals surface area contributed by atoms with Gasteiger partial charge >= 0.3 is 0 Å². The van der Waals surface area contributed by atoms with E-state index in [1.54, 1.807) is 30.1 Å². The van der Waals surface area contributed by atoms with Gasteiger partial charge in [0, 0.05) is 11.5 Å². The van der Waals surface area contributed by atoms with Crippen molar-refractivity contribution in [2.45, 2.75) is 0 Å². The summed E-state index contributed by atoms with van der Waals surface area (Å²) in [6.07, 6.45) is 3.07. The number of halogens is 1. The molecule has 0 fully saturated rings. The fourth-order valence-electron chi connectivity index (χ4n) is 1.41. The Morgan fingerprint density at radius 1 is 1.53 bits per heavy atom. The first-order valence-corrected chi connectivity index (χ1v) is 5.70. The van der Waals surface area contributed by atoms with Crippen LogP contribution in [0.2, 0.25) is 0 Å². The number of nitrogens with two attached hydrogens (primary N) is 1. The van der Waals surface area contributed by atoms with E-state index in [4.69, 9.17) is 5.73 Å². The Morgan fingerprint density at radius 3 is 2.88 bits per heavy atom. The molecule has 0 bridgehead atoms. The van der Waals surface area contributed by atoms with Crippen LogP contribution in [0.15, 0.2) is 35.2 Å². The highest BCUT2D eigenvalue weighted by molar-refractivity contribution is 9.10. The van der Waals surface area contributed by atoms with Crippen LogP contribution in [0.4, 0.5) is 11.4 Å². The van der Waals surface area contributed by atoms with Gasteiger partial charge in [-0.25, -0.2) is 4.98 Å². The highest BCUT2D eigenvalue weighted by Crippen LogP contribution is 2.23. The number of aromatic nitrogens is 2. The van der Waals surface area contributed by atoms with Crippen molar-refractivity contribution in [1.29, 1.82) is 0 Å². The summed E-state index contributed by atoms with van der Waals surface area (Å²) in [5.74, 6) is -0.237. The second-order valence-corrected chi connectivity index (χ2v) is 4.49. The van der Waals surface area contributed by atoms with Gasteiger partial charge in [-0.05, 0) is 18.2 Å². The molecule has 1 heterocycles. The standard InChI is InChI=1S/C11H11BrN4O/c1-16-6-14-5-10(16)11(17)15-9-3-2-7(12)4-8(9)13/h2-6H,13H2,1H3,(H,15,17). The molecule has 0 saturated carbocycles. The van der Waals surface area contributed by atoms with Gasteiger partial charge in [0.15, 0.2) is 0 Å². The van der Waals surface area contributed by atoms with E-state index in [1.807, 2.05) is 6.07 Å². The highest BCUT2D eigenvalue weighted by atomic mass is 79.9. The van der Waals surface area contributed by atoms with Crippen molar-refractivity contribution in [1.82, 2.24) is 9.55 Å². The molecule has 3 N–H and O–H groups in total. The van der Waals surface area contributed by atoms with Gasteiger partial charge in [0.2, 0.25) is 0 Å². The Morgan fingerprint density at radius 2 is 2.29 bits per heavy atom. The van der Waals surface area contributed by atoms with Crippen molar-refractivity contribution in [2.24, 2.45) is 7.05 Å². The summed E-state index contributed by atoms with van der Waals surface area (Å²) in [7, 11) is 1.76. The third-order valence-electron chi connectivity index (χ3n) is 2.31. The molecular formula is C11H11BrN4O. The van der Waals surface area contributed by atoms with E-state index >= 15 is 0 Å². The SMILES string of the molecule is Cn1cncc1C(=O)Nc1ccc(Br)cc1N. The summed E-state index contributed by atoms with van der Waals surface area (Å²) in [5, 5.41) is 2.74. The minimum absolute atomic E-state index is 0.237. The van der Waals surface area contributed by atoms with E-state index in [9.17, 15) is 4.79 Å². The third-order valence-corrected chi connectivity index (χ3v) is 2.80. The van der Waals surface area contributed by atoms with Crippen molar-refractivity contribution in [3.05, 3.63) is 40.9 Å². The first-order chi connectivity index (χ1) is 8.08. The minimum Gasteiger partial charge on any atom is -0.397 e. The molecule has 6 heteroatoms. The number of rotatable bonds is 2. The lowest BCUT2D eigenvalue weighted by Gasteiger charge is -2.08. The van der Waals surface area contributed by atoms with Gasteiger partial charge in [0.25, 0.3) is 5.91 Å². The van der Waals surface area contributed by atoms with E-state index in [-0.39, 0.29) is 5.91 Å². The van der Waals surface area contributed by atoms with Gasteiger partial charge in [0.1, 0.15) is 5.69 Å². The molecule has 0 radical (unpaired) electrons. The molecule has 1 aromatic carbocycles. The number of nitrogen functional groups attached to an aromatic ring is 1. The summed E-state index contributed by atoms with van der Waals surface area (Å²) in [6.45, 7) is 0. The van der Waals surface area contributed by atoms with Crippen LogP contribution in [-0.2, 0) is 7.05 Å². The van der Waals surface area contributed by atoms with Crippen molar-refractivity contribution in [2.75, 3.05) is 11.1 Å². The summed E-state index contributed by atoms with van der Waals surface area (Å²) < 4.78 is 2.51. The Hall–Kier alpha value is -1.82. The summed E-state index contributed by atoms with van der Waals surface area (Å²) in [6, 6.07) is 5.29. The maximum atomic E-state index is 11.9. The normalized spacial score (nSPS) is 10.2. The predicted molar refractivity (Wildman–Crippen MR) is 69.7 cm³/mol. The number of amides is 1. The van der Waals surface area contributed by atoms with Gasteiger partial charge in [0.05, 0.1) is 23.9 Å². The van der Waals surface area contributed by atoms with E-state index in [1.165, 1.54) is 6.20 Å². The summed E-state index contributed by atoms with van der Waals surface area (Å²) in [5.41, 5.74) is 7.36. The first kappa shape index (κ1) is 11.7.